The minimum absolute atomic E-state index is 0.233. The molecule has 2 heterocycles. The summed E-state index contributed by atoms with van der Waals surface area (Å²) in [7, 11) is 0. The Hall–Kier alpha value is -8.66. The van der Waals surface area contributed by atoms with Gasteiger partial charge in [0.25, 0.3) is 0 Å². The maximum Gasteiger partial charge on any atom is 0.0544 e. The predicted molar refractivity (Wildman–Crippen MR) is 301 cm³/mol. The van der Waals surface area contributed by atoms with Gasteiger partial charge in [-0.15, -0.1) is 0 Å². The molecule has 0 bridgehead atoms. The number of para-hydroxylation sites is 3. The lowest BCUT2D eigenvalue weighted by atomic mass is 9.65. The summed E-state index contributed by atoms with van der Waals surface area (Å²) in [4.78, 5) is 7.28. The third kappa shape index (κ3) is 7.03. The van der Waals surface area contributed by atoms with E-state index in [9.17, 15) is 0 Å². The number of hydrogen-bond acceptors (Lipinski definition) is 3. The average Bonchev–Trinajstić information content (AvgIpc) is 3.42. The van der Waals surface area contributed by atoms with Gasteiger partial charge in [0.2, 0.25) is 0 Å². The summed E-state index contributed by atoms with van der Waals surface area (Å²) >= 11 is 0. The van der Waals surface area contributed by atoms with E-state index >= 15 is 0 Å². The summed E-state index contributed by atoms with van der Waals surface area (Å²) in [6.45, 7) is 9.66. The molecule has 0 atom stereocenters. The normalized spacial score (nSPS) is 13.8. The lowest BCUT2D eigenvalue weighted by Crippen LogP contribution is -2.38. The van der Waals surface area contributed by atoms with E-state index in [1.807, 2.05) is 0 Å². The van der Waals surface area contributed by atoms with Crippen LogP contribution in [-0.2, 0) is 10.8 Å². The number of benzene rings is 11. The van der Waals surface area contributed by atoms with Crippen molar-refractivity contribution in [2.24, 2.45) is 0 Å². The minimum atomic E-state index is -0.315. The average molecular weight is 912 g/mol. The van der Waals surface area contributed by atoms with Crippen LogP contribution in [0.4, 0.5) is 51.2 Å². The van der Waals surface area contributed by atoms with E-state index in [1.165, 1.54) is 83.1 Å². The van der Waals surface area contributed by atoms with Crippen LogP contribution in [0.15, 0.2) is 249 Å². The topological polar surface area (TPSA) is 9.72 Å². The number of anilines is 9. The summed E-state index contributed by atoms with van der Waals surface area (Å²) in [5.41, 5.74) is 20.2. The van der Waals surface area contributed by atoms with E-state index in [1.54, 1.807) is 0 Å². The van der Waals surface area contributed by atoms with Crippen LogP contribution in [0, 0.1) is 0 Å². The Bertz CT molecular complexity index is 3820. The third-order valence-corrected chi connectivity index (χ3v) is 15.3. The highest BCUT2D eigenvalue weighted by Gasteiger charge is 2.46. The Balaban J connectivity index is 0.903. The standard InChI is InChI=1S/C68H53N3/c1-67(2)60-25-15-16-26-64(60)71-65-40-33-52(48-27-34-56(35-28-48)69(54-21-7-5-8-22-54)58-38-31-46-17-11-13-19-50(46)41-58)43-61(65)68(3,4)63-45-53(44-62(67)66(63)71)49-29-36-57(37-30-49)70(55-23-9-6-10-24-55)59-39-32-47-18-12-14-20-51(47)42-59/h5-45H,1-4H3. The van der Waals surface area contributed by atoms with Crippen molar-refractivity contribution < 1.29 is 0 Å². The van der Waals surface area contributed by atoms with E-state index in [2.05, 4.69) is 291 Å². The van der Waals surface area contributed by atoms with Gasteiger partial charge in [0.05, 0.1) is 17.1 Å². The zero-order valence-corrected chi connectivity index (χ0v) is 40.5. The molecule has 2 aliphatic heterocycles. The van der Waals surface area contributed by atoms with Crippen LogP contribution in [0.2, 0.25) is 0 Å². The fourth-order valence-electron chi connectivity index (χ4n) is 11.6. The van der Waals surface area contributed by atoms with Crippen LogP contribution < -0.4 is 14.7 Å². The molecular formula is C68H53N3. The number of hydrogen-bond donors (Lipinski definition) is 0. The molecular weight excluding hydrogens is 859 g/mol. The van der Waals surface area contributed by atoms with Crippen LogP contribution in [0.25, 0.3) is 43.8 Å². The van der Waals surface area contributed by atoms with Crippen molar-refractivity contribution in [2.75, 3.05) is 14.7 Å². The molecule has 0 spiro atoms. The lowest BCUT2D eigenvalue weighted by molar-refractivity contribution is 0.598. The molecule has 340 valence electrons. The largest absolute Gasteiger partial charge is 0.310 e. The van der Waals surface area contributed by atoms with Crippen molar-refractivity contribution in [3.8, 4) is 22.3 Å². The van der Waals surface area contributed by atoms with Gasteiger partial charge in [-0.2, -0.15) is 0 Å². The Kier molecular flexibility index (Phi) is 9.86. The van der Waals surface area contributed by atoms with Gasteiger partial charge >= 0.3 is 0 Å². The monoisotopic (exact) mass is 911 g/mol. The number of fused-ring (bicyclic) bond motifs is 6. The number of nitrogens with zero attached hydrogens (tertiary/aromatic N) is 3. The van der Waals surface area contributed by atoms with Crippen molar-refractivity contribution >= 4 is 72.7 Å². The first-order valence-electron chi connectivity index (χ1n) is 24.8. The smallest absolute Gasteiger partial charge is 0.0544 e. The Labute approximate surface area is 417 Å². The van der Waals surface area contributed by atoms with E-state index in [-0.39, 0.29) is 10.8 Å². The van der Waals surface area contributed by atoms with Crippen LogP contribution in [0.5, 0.6) is 0 Å². The van der Waals surface area contributed by atoms with E-state index < -0.39 is 0 Å². The molecule has 0 saturated carbocycles. The molecule has 3 heteroatoms. The highest BCUT2D eigenvalue weighted by molar-refractivity contribution is 5.96. The Morgan fingerprint density at radius 2 is 0.648 bits per heavy atom. The third-order valence-electron chi connectivity index (χ3n) is 15.3. The zero-order chi connectivity index (χ0) is 47.8. The molecule has 11 aromatic rings. The summed E-state index contributed by atoms with van der Waals surface area (Å²) in [5.74, 6) is 0. The van der Waals surface area contributed by atoms with Crippen molar-refractivity contribution in [3.63, 3.8) is 0 Å². The first-order chi connectivity index (χ1) is 34.7. The van der Waals surface area contributed by atoms with Crippen LogP contribution in [0.1, 0.15) is 49.9 Å². The number of rotatable bonds is 8. The fourth-order valence-corrected chi connectivity index (χ4v) is 11.6. The molecule has 2 aliphatic rings. The first kappa shape index (κ1) is 42.4. The molecule has 0 fully saturated rings. The SMILES string of the molecule is CC1(C)c2ccccc2N2c3ccc(-c4ccc(N(c5ccccc5)c5ccc6ccccc6c5)cc4)cc3C(C)(C)c3cc(-c4ccc(N(c5ccccc5)c5ccc6ccccc6c5)cc4)cc1c32. The molecule has 0 aliphatic carbocycles. The van der Waals surface area contributed by atoms with Crippen molar-refractivity contribution in [1.29, 1.82) is 0 Å². The van der Waals surface area contributed by atoms with Crippen molar-refractivity contribution in [1.82, 2.24) is 0 Å². The maximum absolute atomic E-state index is 2.56. The van der Waals surface area contributed by atoms with Gasteiger partial charge in [-0.1, -0.05) is 173 Å². The molecule has 0 radical (unpaired) electrons. The second kappa shape index (κ2) is 16.5. The molecule has 0 unspecified atom stereocenters. The molecule has 0 saturated heterocycles. The quantitative estimate of drug-likeness (QED) is 0.150. The molecule has 0 amide bonds. The van der Waals surface area contributed by atoms with Gasteiger partial charge in [-0.25, -0.2) is 0 Å². The lowest BCUT2D eigenvalue weighted by Gasteiger charge is -2.50. The van der Waals surface area contributed by atoms with Crippen LogP contribution in [-0.4, -0.2) is 0 Å². The second-order valence-electron chi connectivity index (χ2n) is 20.3. The van der Waals surface area contributed by atoms with Crippen molar-refractivity contribution in [2.45, 2.75) is 38.5 Å². The predicted octanol–water partition coefficient (Wildman–Crippen LogP) is 19.0. The van der Waals surface area contributed by atoms with Gasteiger partial charge in [0.15, 0.2) is 0 Å². The van der Waals surface area contributed by atoms with E-state index in [0.29, 0.717) is 0 Å². The summed E-state index contributed by atoms with van der Waals surface area (Å²) in [6.07, 6.45) is 0. The molecule has 11 aromatic carbocycles. The minimum Gasteiger partial charge on any atom is -0.310 e. The van der Waals surface area contributed by atoms with E-state index in [0.717, 1.165) is 34.1 Å². The van der Waals surface area contributed by atoms with Gasteiger partial charge < -0.3 is 14.7 Å². The summed E-state index contributed by atoms with van der Waals surface area (Å²) in [6, 6.07) is 91.5. The molecule has 3 nitrogen and oxygen atoms in total. The maximum atomic E-state index is 2.56. The first-order valence-corrected chi connectivity index (χ1v) is 24.8. The summed E-state index contributed by atoms with van der Waals surface area (Å²) < 4.78 is 0. The summed E-state index contributed by atoms with van der Waals surface area (Å²) in [5, 5.41) is 4.92. The van der Waals surface area contributed by atoms with Gasteiger partial charge in [0, 0.05) is 45.0 Å². The molecule has 71 heavy (non-hydrogen) atoms. The van der Waals surface area contributed by atoms with Crippen molar-refractivity contribution in [3.05, 3.63) is 271 Å². The Morgan fingerprint density at radius 3 is 1.18 bits per heavy atom. The van der Waals surface area contributed by atoms with Crippen LogP contribution >= 0.6 is 0 Å². The molecule has 0 aromatic heterocycles. The highest BCUT2D eigenvalue weighted by Crippen LogP contribution is 2.61. The molecule has 0 N–H and O–H groups in total. The van der Waals surface area contributed by atoms with Gasteiger partial charge in [0.1, 0.15) is 0 Å². The van der Waals surface area contributed by atoms with Crippen LogP contribution in [0.3, 0.4) is 0 Å². The van der Waals surface area contributed by atoms with Gasteiger partial charge in [-0.3, -0.25) is 0 Å². The fraction of sp³-hybridized carbons (Fsp3) is 0.0882. The highest BCUT2D eigenvalue weighted by atomic mass is 15.2. The second-order valence-corrected chi connectivity index (χ2v) is 20.3. The van der Waals surface area contributed by atoms with Gasteiger partial charge in [-0.05, 0) is 169 Å². The Morgan fingerprint density at radius 1 is 0.268 bits per heavy atom. The molecule has 13 rings (SSSR count). The zero-order valence-electron chi connectivity index (χ0n) is 40.5. The van der Waals surface area contributed by atoms with E-state index in [4.69, 9.17) is 0 Å².